The van der Waals surface area contributed by atoms with Gasteiger partial charge in [-0.3, -0.25) is 4.79 Å². The van der Waals surface area contributed by atoms with Gasteiger partial charge in [0.15, 0.2) is 0 Å². The van der Waals surface area contributed by atoms with Crippen LogP contribution in [0.25, 0.3) is 5.69 Å². The number of carbonyl (C=O) groups excluding carboxylic acids is 1. The van der Waals surface area contributed by atoms with Crippen LogP contribution in [0.2, 0.25) is 0 Å². The van der Waals surface area contributed by atoms with E-state index in [0.29, 0.717) is 22.9 Å². The van der Waals surface area contributed by atoms with Crippen molar-refractivity contribution in [2.75, 3.05) is 19.5 Å². The van der Waals surface area contributed by atoms with Crippen molar-refractivity contribution < 1.29 is 14.3 Å². The first kappa shape index (κ1) is 20.5. The van der Waals surface area contributed by atoms with Crippen LogP contribution in [0.5, 0.6) is 11.5 Å². The standard InChI is InChI=1S/C23H27N3O3/c1-15-7-9-16(10-8-15)26-21(14-20(25-26)23(2,3)4)24-22(27)18-12-11-17(28-5)13-19(18)29-6/h7-14H,1-6H3,(H,24,27). The summed E-state index contributed by atoms with van der Waals surface area (Å²) in [7, 11) is 3.10. The van der Waals surface area contributed by atoms with Crippen molar-refractivity contribution in [2.24, 2.45) is 0 Å². The largest absolute Gasteiger partial charge is 0.497 e. The molecule has 3 rings (SSSR count). The van der Waals surface area contributed by atoms with Gasteiger partial charge in [-0.15, -0.1) is 0 Å². The minimum Gasteiger partial charge on any atom is -0.497 e. The maximum atomic E-state index is 13.0. The van der Waals surface area contributed by atoms with Crippen LogP contribution in [0.4, 0.5) is 5.82 Å². The summed E-state index contributed by atoms with van der Waals surface area (Å²) in [6.07, 6.45) is 0. The highest BCUT2D eigenvalue weighted by Crippen LogP contribution is 2.29. The van der Waals surface area contributed by atoms with E-state index in [1.807, 2.05) is 37.3 Å². The van der Waals surface area contributed by atoms with Gasteiger partial charge in [0.1, 0.15) is 17.3 Å². The summed E-state index contributed by atoms with van der Waals surface area (Å²) in [5.74, 6) is 1.39. The molecule has 1 amide bonds. The Labute approximate surface area is 171 Å². The zero-order valence-corrected chi connectivity index (χ0v) is 17.7. The van der Waals surface area contributed by atoms with Crippen LogP contribution in [-0.4, -0.2) is 29.9 Å². The topological polar surface area (TPSA) is 65.4 Å². The predicted molar refractivity (Wildman–Crippen MR) is 115 cm³/mol. The molecule has 1 heterocycles. The first-order chi connectivity index (χ1) is 13.7. The van der Waals surface area contributed by atoms with Gasteiger partial charge in [-0.1, -0.05) is 38.5 Å². The fourth-order valence-electron chi connectivity index (χ4n) is 2.89. The fraction of sp³-hybridized carbons (Fsp3) is 0.304. The monoisotopic (exact) mass is 393 g/mol. The Balaban J connectivity index is 2.01. The van der Waals surface area contributed by atoms with Crippen LogP contribution in [0.15, 0.2) is 48.5 Å². The normalized spacial score (nSPS) is 11.2. The Bertz CT molecular complexity index is 1010. The van der Waals surface area contributed by atoms with Crippen molar-refractivity contribution >= 4 is 11.7 Å². The molecule has 0 radical (unpaired) electrons. The lowest BCUT2D eigenvalue weighted by Crippen LogP contribution is -2.16. The number of amides is 1. The number of benzene rings is 2. The molecule has 29 heavy (non-hydrogen) atoms. The lowest BCUT2D eigenvalue weighted by atomic mass is 9.92. The van der Waals surface area contributed by atoms with E-state index in [1.165, 1.54) is 7.11 Å². The summed E-state index contributed by atoms with van der Waals surface area (Å²) >= 11 is 0. The van der Waals surface area contributed by atoms with Crippen molar-refractivity contribution in [3.05, 3.63) is 65.4 Å². The first-order valence-electron chi connectivity index (χ1n) is 9.44. The molecule has 6 heteroatoms. The van der Waals surface area contributed by atoms with Crippen LogP contribution >= 0.6 is 0 Å². The fourth-order valence-corrected chi connectivity index (χ4v) is 2.89. The van der Waals surface area contributed by atoms with Gasteiger partial charge in [0.05, 0.1) is 31.2 Å². The molecule has 0 saturated carbocycles. The maximum Gasteiger partial charge on any atom is 0.260 e. The van der Waals surface area contributed by atoms with Gasteiger partial charge in [-0.2, -0.15) is 5.10 Å². The highest BCUT2D eigenvalue weighted by molar-refractivity contribution is 6.06. The van der Waals surface area contributed by atoms with Gasteiger partial charge >= 0.3 is 0 Å². The molecule has 0 atom stereocenters. The minimum absolute atomic E-state index is 0.159. The molecule has 6 nitrogen and oxygen atoms in total. The molecule has 152 valence electrons. The average molecular weight is 393 g/mol. The Morgan fingerprint density at radius 1 is 1.00 bits per heavy atom. The third kappa shape index (κ3) is 4.42. The van der Waals surface area contributed by atoms with E-state index in [-0.39, 0.29) is 11.3 Å². The number of hydrogen-bond donors (Lipinski definition) is 1. The highest BCUT2D eigenvalue weighted by Gasteiger charge is 2.22. The maximum absolute atomic E-state index is 13.0. The first-order valence-corrected chi connectivity index (χ1v) is 9.44. The SMILES string of the molecule is COc1ccc(C(=O)Nc2cc(C(C)(C)C)nn2-c2ccc(C)cc2)c(OC)c1. The van der Waals surface area contributed by atoms with E-state index in [0.717, 1.165) is 16.9 Å². The number of nitrogens with zero attached hydrogens (tertiary/aromatic N) is 2. The minimum atomic E-state index is -0.279. The van der Waals surface area contributed by atoms with Gasteiger partial charge in [0, 0.05) is 17.5 Å². The Kier molecular flexibility index (Phi) is 5.64. The Morgan fingerprint density at radius 2 is 1.69 bits per heavy atom. The summed E-state index contributed by atoms with van der Waals surface area (Å²) in [4.78, 5) is 13.0. The number of nitrogens with one attached hydrogen (secondary N) is 1. The molecule has 0 spiro atoms. The van der Waals surface area contributed by atoms with Gasteiger partial charge in [-0.25, -0.2) is 4.68 Å². The van der Waals surface area contributed by atoms with E-state index in [4.69, 9.17) is 14.6 Å². The van der Waals surface area contributed by atoms with E-state index in [9.17, 15) is 4.79 Å². The number of aromatic nitrogens is 2. The van der Waals surface area contributed by atoms with Crippen molar-refractivity contribution in [2.45, 2.75) is 33.1 Å². The van der Waals surface area contributed by atoms with Crippen LogP contribution in [-0.2, 0) is 5.41 Å². The molecule has 2 aromatic carbocycles. The van der Waals surface area contributed by atoms with Crippen LogP contribution in [0.1, 0.15) is 42.4 Å². The molecule has 3 aromatic rings. The zero-order valence-electron chi connectivity index (χ0n) is 17.7. The van der Waals surface area contributed by atoms with Gasteiger partial charge < -0.3 is 14.8 Å². The van der Waals surface area contributed by atoms with E-state index in [1.54, 1.807) is 30.0 Å². The van der Waals surface area contributed by atoms with Crippen molar-refractivity contribution in [1.82, 2.24) is 9.78 Å². The summed E-state index contributed by atoms with van der Waals surface area (Å²) in [6.45, 7) is 8.30. The highest BCUT2D eigenvalue weighted by atomic mass is 16.5. The molecular formula is C23H27N3O3. The molecule has 1 aromatic heterocycles. The molecular weight excluding hydrogens is 366 g/mol. The van der Waals surface area contributed by atoms with E-state index < -0.39 is 0 Å². The lowest BCUT2D eigenvalue weighted by molar-refractivity contribution is 0.102. The number of methoxy groups -OCH3 is 2. The molecule has 0 unspecified atom stereocenters. The number of hydrogen-bond acceptors (Lipinski definition) is 4. The second kappa shape index (κ2) is 7.99. The molecule has 0 saturated heterocycles. The van der Waals surface area contributed by atoms with Gasteiger partial charge in [0.2, 0.25) is 0 Å². The molecule has 0 aliphatic carbocycles. The van der Waals surface area contributed by atoms with Crippen LogP contribution in [0, 0.1) is 6.92 Å². The second-order valence-electron chi connectivity index (χ2n) is 7.93. The summed E-state index contributed by atoms with van der Waals surface area (Å²) < 4.78 is 12.3. The second-order valence-corrected chi connectivity index (χ2v) is 7.93. The average Bonchev–Trinajstić information content (AvgIpc) is 3.12. The van der Waals surface area contributed by atoms with Crippen LogP contribution < -0.4 is 14.8 Å². The van der Waals surface area contributed by atoms with Crippen molar-refractivity contribution in [3.8, 4) is 17.2 Å². The molecule has 0 aliphatic rings. The Hall–Kier alpha value is -3.28. The van der Waals surface area contributed by atoms with Gasteiger partial charge in [0.25, 0.3) is 5.91 Å². The molecule has 0 bridgehead atoms. The van der Waals surface area contributed by atoms with Crippen LogP contribution in [0.3, 0.4) is 0 Å². The zero-order chi connectivity index (χ0) is 21.2. The van der Waals surface area contributed by atoms with E-state index in [2.05, 4.69) is 26.1 Å². The number of rotatable bonds is 5. The summed E-state index contributed by atoms with van der Waals surface area (Å²) in [5, 5.41) is 7.73. The quantitative estimate of drug-likeness (QED) is 0.679. The van der Waals surface area contributed by atoms with E-state index >= 15 is 0 Å². The predicted octanol–water partition coefficient (Wildman–Crippen LogP) is 4.75. The van der Waals surface area contributed by atoms with Gasteiger partial charge in [-0.05, 0) is 31.2 Å². The van der Waals surface area contributed by atoms with Crippen molar-refractivity contribution in [3.63, 3.8) is 0 Å². The third-order valence-corrected chi connectivity index (χ3v) is 4.65. The number of aryl methyl sites for hydroxylation is 1. The molecule has 0 fully saturated rings. The summed E-state index contributed by atoms with van der Waals surface area (Å²) in [5.41, 5.74) is 3.18. The third-order valence-electron chi connectivity index (χ3n) is 4.65. The lowest BCUT2D eigenvalue weighted by Gasteiger charge is -2.14. The smallest absolute Gasteiger partial charge is 0.260 e. The number of anilines is 1. The molecule has 0 aliphatic heterocycles. The van der Waals surface area contributed by atoms with Crippen molar-refractivity contribution in [1.29, 1.82) is 0 Å². The number of ether oxygens (including phenoxy) is 2. The summed E-state index contributed by atoms with van der Waals surface area (Å²) in [6, 6.07) is 15.0. The molecule has 1 N–H and O–H groups in total. The number of carbonyl (C=O) groups is 1. The Morgan fingerprint density at radius 3 is 2.28 bits per heavy atom.